The number of non-ortho nitro benzene ring substituents is 1. The molecule has 1 unspecified atom stereocenters. The van der Waals surface area contributed by atoms with Gasteiger partial charge < -0.3 is 15.4 Å². The molecule has 1 aliphatic rings. The Morgan fingerprint density at radius 2 is 2.00 bits per heavy atom. The minimum atomic E-state index is -3.17. The second-order valence-electron chi connectivity index (χ2n) is 7.39. The SMILES string of the molecule is CC(C)[C@H](NC(=O)c1ccc([N+](=O)[O-])cc1Cl)C(=O)OCC(=O)NC1CCS(=O)(=O)C1. The molecule has 0 radical (unpaired) electrons. The Morgan fingerprint density at radius 1 is 1.32 bits per heavy atom. The largest absolute Gasteiger partial charge is 0.454 e. The molecule has 1 aromatic rings. The van der Waals surface area contributed by atoms with E-state index in [1.165, 1.54) is 6.07 Å². The summed E-state index contributed by atoms with van der Waals surface area (Å²) in [4.78, 5) is 46.9. The lowest BCUT2D eigenvalue weighted by Crippen LogP contribution is -2.46. The standard InChI is InChI=1S/C18H22ClN3O8S/c1-10(2)16(21-17(24)13-4-3-12(22(26)27)7-14(13)19)18(25)30-8-15(23)20-11-5-6-31(28,29)9-11/h3-4,7,10-11,16H,5-6,8-9H2,1-2H3,(H,20,23)(H,21,24)/t11?,16-/m0/s1. The van der Waals surface area contributed by atoms with E-state index in [-0.39, 0.29) is 27.8 Å². The van der Waals surface area contributed by atoms with Crippen molar-refractivity contribution >= 4 is 44.9 Å². The zero-order valence-corrected chi connectivity index (χ0v) is 18.4. The van der Waals surface area contributed by atoms with Crippen molar-refractivity contribution in [3.8, 4) is 0 Å². The maximum atomic E-state index is 12.5. The molecule has 2 amide bonds. The summed E-state index contributed by atoms with van der Waals surface area (Å²) in [7, 11) is -3.17. The molecule has 0 aliphatic carbocycles. The number of benzene rings is 1. The van der Waals surface area contributed by atoms with Crippen LogP contribution in [0.15, 0.2) is 18.2 Å². The van der Waals surface area contributed by atoms with Gasteiger partial charge in [0.05, 0.1) is 27.0 Å². The highest BCUT2D eigenvalue weighted by atomic mass is 35.5. The summed E-state index contributed by atoms with van der Waals surface area (Å²) < 4.78 is 27.8. The van der Waals surface area contributed by atoms with Crippen LogP contribution in [0.2, 0.25) is 5.02 Å². The average Bonchev–Trinajstić information content (AvgIpc) is 3.01. The van der Waals surface area contributed by atoms with E-state index >= 15 is 0 Å². The zero-order valence-electron chi connectivity index (χ0n) is 16.8. The Kier molecular flexibility index (Phi) is 7.96. The minimum Gasteiger partial charge on any atom is -0.454 e. The number of carbonyl (C=O) groups excluding carboxylic acids is 3. The molecule has 1 saturated heterocycles. The number of halogens is 1. The third-order valence-corrected chi connectivity index (χ3v) is 6.64. The molecule has 1 fully saturated rings. The number of hydrogen-bond donors (Lipinski definition) is 2. The van der Waals surface area contributed by atoms with E-state index in [1.807, 2.05) is 0 Å². The van der Waals surface area contributed by atoms with Crippen LogP contribution in [0, 0.1) is 16.0 Å². The highest BCUT2D eigenvalue weighted by Crippen LogP contribution is 2.22. The van der Waals surface area contributed by atoms with E-state index in [0.717, 1.165) is 12.1 Å². The van der Waals surface area contributed by atoms with Crippen molar-refractivity contribution in [2.45, 2.75) is 32.4 Å². The van der Waals surface area contributed by atoms with Crippen LogP contribution in [-0.4, -0.2) is 61.3 Å². The summed E-state index contributed by atoms with van der Waals surface area (Å²) in [6.45, 7) is 2.66. The quantitative estimate of drug-likeness (QED) is 0.317. The topological polar surface area (TPSA) is 162 Å². The zero-order chi connectivity index (χ0) is 23.3. The molecule has 11 nitrogen and oxygen atoms in total. The van der Waals surface area contributed by atoms with E-state index in [4.69, 9.17) is 16.3 Å². The predicted molar refractivity (Wildman–Crippen MR) is 110 cm³/mol. The maximum absolute atomic E-state index is 12.5. The molecule has 170 valence electrons. The van der Waals surface area contributed by atoms with Crippen LogP contribution in [0.1, 0.15) is 30.6 Å². The molecule has 1 aliphatic heterocycles. The predicted octanol–water partition coefficient (Wildman–Crippen LogP) is 0.849. The van der Waals surface area contributed by atoms with Gasteiger partial charge in [0.2, 0.25) is 0 Å². The fraction of sp³-hybridized carbons (Fsp3) is 0.500. The number of carbonyl (C=O) groups is 3. The molecule has 2 N–H and O–H groups in total. The number of nitrogens with one attached hydrogen (secondary N) is 2. The lowest BCUT2D eigenvalue weighted by atomic mass is 10.0. The number of nitro groups is 1. The maximum Gasteiger partial charge on any atom is 0.329 e. The molecule has 2 atom stereocenters. The van der Waals surface area contributed by atoms with Crippen molar-refractivity contribution in [2.24, 2.45) is 5.92 Å². The summed E-state index contributed by atoms with van der Waals surface area (Å²) in [6, 6.07) is 1.66. The van der Waals surface area contributed by atoms with Crippen LogP contribution in [0.3, 0.4) is 0 Å². The minimum absolute atomic E-state index is 0.00953. The lowest BCUT2D eigenvalue weighted by Gasteiger charge is -2.21. The Hall–Kier alpha value is -2.73. The van der Waals surface area contributed by atoms with Gasteiger partial charge in [0, 0.05) is 18.2 Å². The van der Waals surface area contributed by atoms with Gasteiger partial charge >= 0.3 is 5.97 Å². The Balaban J connectivity index is 1.95. The first-order chi connectivity index (χ1) is 14.4. The van der Waals surface area contributed by atoms with Crippen molar-refractivity contribution in [1.29, 1.82) is 0 Å². The van der Waals surface area contributed by atoms with Gasteiger partial charge in [-0.3, -0.25) is 19.7 Å². The van der Waals surface area contributed by atoms with E-state index in [1.54, 1.807) is 13.8 Å². The van der Waals surface area contributed by atoms with Crippen LogP contribution in [0.25, 0.3) is 0 Å². The van der Waals surface area contributed by atoms with Crippen molar-refractivity contribution in [1.82, 2.24) is 10.6 Å². The number of rotatable bonds is 8. The first-order valence-electron chi connectivity index (χ1n) is 9.31. The summed E-state index contributed by atoms with van der Waals surface area (Å²) in [5, 5.41) is 15.6. The third-order valence-electron chi connectivity index (χ3n) is 4.56. The number of amides is 2. The monoisotopic (exact) mass is 475 g/mol. The van der Waals surface area contributed by atoms with E-state index in [0.29, 0.717) is 6.42 Å². The highest BCUT2D eigenvalue weighted by Gasteiger charge is 2.30. The van der Waals surface area contributed by atoms with Crippen molar-refractivity contribution in [2.75, 3.05) is 18.1 Å². The molecular formula is C18H22ClN3O8S. The van der Waals surface area contributed by atoms with E-state index in [2.05, 4.69) is 10.6 Å². The molecule has 0 aromatic heterocycles. The number of hydrogen-bond acceptors (Lipinski definition) is 8. The van der Waals surface area contributed by atoms with Crippen LogP contribution < -0.4 is 10.6 Å². The van der Waals surface area contributed by atoms with Gasteiger partial charge in [-0.15, -0.1) is 0 Å². The van der Waals surface area contributed by atoms with E-state index in [9.17, 15) is 32.9 Å². The van der Waals surface area contributed by atoms with Crippen molar-refractivity contribution < 1.29 is 32.5 Å². The first-order valence-corrected chi connectivity index (χ1v) is 11.5. The molecule has 31 heavy (non-hydrogen) atoms. The molecule has 0 saturated carbocycles. The fourth-order valence-electron chi connectivity index (χ4n) is 2.92. The first kappa shape index (κ1) is 24.5. The molecule has 1 heterocycles. The second kappa shape index (κ2) is 10.1. The number of esters is 1. The summed E-state index contributed by atoms with van der Waals surface area (Å²) >= 11 is 5.94. The number of sulfone groups is 1. The Bertz CT molecular complexity index is 996. The smallest absolute Gasteiger partial charge is 0.329 e. The average molecular weight is 476 g/mol. The van der Waals surface area contributed by atoms with Crippen LogP contribution in [-0.2, 0) is 24.2 Å². The summed E-state index contributed by atoms with van der Waals surface area (Å²) in [6.07, 6.45) is 0.294. The lowest BCUT2D eigenvalue weighted by molar-refractivity contribution is -0.384. The molecule has 2 rings (SSSR count). The highest BCUT2D eigenvalue weighted by molar-refractivity contribution is 7.91. The van der Waals surface area contributed by atoms with Gasteiger partial charge in [0.25, 0.3) is 17.5 Å². The summed E-state index contributed by atoms with van der Waals surface area (Å²) in [5.41, 5.74) is -0.353. The Labute approximate surface area is 183 Å². The van der Waals surface area contributed by atoms with Crippen LogP contribution >= 0.6 is 11.6 Å². The van der Waals surface area contributed by atoms with Crippen molar-refractivity contribution in [3.63, 3.8) is 0 Å². The van der Waals surface area contributed by atoms with Gasteiger partial charge in [-0.05, 0) is 18.4 Å². The van der Waals surface area contributed by atoms with Crippen LogP contribution in [0.5, 0.6) is 0 Å². The molecule has 0 bridgehead atoms. The molecule has 1 aromatic carbocycles. The summed E-state index contributed by atoms with van der Waals surface area (Å²) in [5.74, 6) is -2.83. The third kappa shape index (κ3) is 6.89. The number of nitrogens with zero attached hydrogens (tertiary/aromatic N) is 1. The Morgan fingerprint density at radius 3 is 2.52 bits per heavy atom. The van der Waals surface area contributed by atoms with E-state index < -0.39 is 57.2 Å². The molecule has 13 heteroatoms. The van der Waals surface area contributed by atoms with Gasteiger partial charge in [-0.25, -0.2) is 13.2 Å². The van der Waals surface area contributed by atoms with Gasteiger partial charge in [-0.1, -0.05) is 25.4 Å². The van der Waals surface area contributed by atoms with Gasteiger partial charge in [-0.2, -0.15) is 0 Å². The fourth-order valence-corrected chi connectivity index (χ4v) is 4.86. The number of ether oxygens (including phenoxy) is 1. The second-order valence-corrected chi connectivity index (χ2v) is 10.0. The van der Waals surface area contributed by atoms with Gasteiger partial charge in [0.1, 0.15) is 6.04 Å². The molecule has 0 spiro atoms. The number of nitro benzene ring substituents is 1. The normalized spacial score (nSPS) is 18.3. The molecular weight excluding hydrogens is 454 g/mol. The van der Waals surface area contributed by atoms with Gasteiger partial charge in [0.15, 0.2) is 16.4 Å². The van der Waals surface area contributed by atoms with Crippen molar-refractivity contribution in [3.05, 3.63) is 38.9 Å². The van der Waals surface area contributed by atoms with Crippen LogP contribution in [0.4, 0.5) is 5.69 Å².